The molecule has 0 radical (unpaired) electrons. The van der Waals surface area contributed by atoms with Crippen LogP contribution in [0.5, 0.6) is 0 Å². The Morgan fingerprint density at radius 3 is 2.73 bits per heavy atom. The number of hydrogen-bond donors (Lipinski definition) is 1. The zero-order chi connectivity index (χ0) is 23.7. The number of anilines is 1. The van der Waals surface area contributed by atoms with E-state index in [-0.39, 0.29) is 17.7 Å². The lowest BCUT2D eigenvalue weighted by Gasteiger charge is -2.32. The lowest BCUT2D eigenvalue weighted by Crippen LogP contribution is -2.40. The van der Waals surface area contributed by atoms with Crippen molar-refractivity contribution in [3.63, 3.8) is 0 Å². The quantitative estimate of drug-likeness (QED) is 0.647. The number of likely N-dealkylation sites (tertiary alicyclic amines) is 1. The number of aromatic nitrogens is 3. The smallest absolute Gasteiger partial charge is 0.270 e. The fraction of sp³-hybridized carbons (Fsp3) is 0.440. The molecule has 8 nitrogen and oxygen atoms in total. The molecule has 1 atom stereocenters. The average molecular weight is 449 g/mol. The summed E-state index contributed by atoms with van der Waals surface area (Å²) in [6.07, 6.45) is 1.82. The topological polar surface area (TPSA) is 83.4 Å². The highest BCUT2D eigenvalue weighted by atomic mass is 16.2. The SMILES string of the molecule is CNc1cc(CN(C)C(C)=O)nc([C@@H]2CCCN(C(=O)c3cc4cc(C)ccc4n3C)C2)n1. The number of nitrogens with one attached hydrogen (secondary N) is 1. The Labute approximate surface area is 194 Å². The molecular weight excluding hydrogens is 416 g/mol. The summed E-state index contributed by atoms with van der Waals surface area (Å²) in [5.41, 5.74) is 3.72. The molecule has 0 saturated carbocycles. The van der Waals surface area contributed by atoms with Crippen molar-refractivity contribution in [2.45, 2.75) is 39.2 Å². The van der Waals surface area contributed by atoms with Gasteiger partial charge >= 0.3 is 0 Å². The number of hydrogen-bond acceptors (Lipinski definition) is 5. The van der Waals surface area contributed by atoms with E-state index in [4.69, 9.17) is 4.98 Å². The molecule has 8 heteroatoms. The van der Waals surface area contributed by atoms with Gasteiger partial charge in [-0.05, 0) is 38.0 Å². The van der Waals surface area contributed by atoms with E-state index in [0.717, 1.165) is 47.6 Å². The zero-order valence-electron chi connectivity index (χ0n) is 20.1. The molecule has 3 aromatic rings. The molecule has 1 fully saturated rings. The maximum atomic E-state index is 13.5. The van der Waals surface area contributed by atoms with Crippen LogP contribution in [0.25, 0.3) is 10.9 Å². The molecule has 33 heavy (non-hydrogen) atoms. The largest absolute Gasteiger partial charge is 0.373 e. The number of aryl methyl sites for hydroxylation is 2. The lowest BCUT2D eigenvalue weighted by molar-refractivity contribution is -0.128. The molecule has 0 aliphatic carbocycles. The van der Waals surface area contributed by atoms with Crippen LogP contribution in [0.1, 0.15) is 53.3 Å². The summed E-state index contributed by atoms with van der Waals surface area (Å²) in [6, 6.07) is 10.1. The number of carbonyl (C=O) groups excluding carboxylic acids is 2. The Kier molecular flexibility index (Phi) is 6.35. The van der Waals surface area contributed by atoms with Crippen molar-refractivity contribution in [1.82, 2.24) is 24.3 Å². The van der Waals surface area contributed by atoms with E-state index in [1.54, 1.807) is 18.9 Å². The molecule has 1 aliphatic heterocycles. The summed E-state index contributed by atoms with van der Waals surface area (Å²) in [4.78, 5) is 38.2. The summed E-state index contributed by atoms with van der Waals surface area (Å²) in [5, 5.41) is 4.18. The van der Waals surface area contributed by atoms with Gasteiger partial charge in [-0.3, -0.25) is 9.59 Å². The van der Waals surface area contributed by atoms with Crippen molar-refractivity contribution in [2.24, 2.45) is 7.05 Å². The Morgan fingerprint density at radius 1 is 1.21 bits per heavy atom. The van der Waals surface area contributed by atoms with Gasteiger partial charge in [0.25, 0.3) is 5.91 Å². The van der Waals surface area contributed by atoms with Crippen molar-refractivity contribution in [1.29, 1.82) is 0 Å². The number of fused-ring (bicyclic) bond motifs is 1. The van der Waals surface area contributed by atoms with Gasteiger partial charge in [0, 0.05) is 64.0 Å². The Bertz CT molecular complexity index is 1200. The fourth-order valence-corrected chi connectivity index (χ4v) is 4.47. The summed E-state index contributed by atoms with van der Waals surface area (Å²) in [6.45, 7) is 5.32. The van der Waals surface area contributed by atoms with Crippen LogP contribution >= 0.6 is 0 Å². The third kappa shape index (κ3) is 4.69. The molecule has 1 aliphatic rings. The summed E-state index contributed by atoms with van der Waals surface area (Å²) in [7, 11) is 5.53. The number of carbonyl (C=O) groups is 2. The predicted octanol–water partition coefficient (Wildman–Crippen LogP) is 3.32. The minimum atomic E-state index is -0.0132. The van der Waals surface area contributed by atoms with E-state index in [0.29, 0.717) is 18.8 Å². The van der Waals surface area contributed by atoms with Gasteiger partial charge in [0.15, 0.2) is 0 Å². The van der Waals surface area contributed by atoms with Gasteiger partial charge in [0.1, 0.15) is 17.3 Å². The third-order valence-corrected chi connectivity index (χ3v) is 6.48. The van der Waals surface area contributed by atoms with Gasteiger partial charge in [-0.15, -0.1) is 0 Å². The van der Waals surface area contributed by atoms with Crippen molar-refractivity contribution >= 4 is 28.5 Å². The van der Waals surface area contributed by atoms with Crippen LogP contribution in [-0.4, -0.2) is 63.3 Å². The van der Waals surface area contributed by atoms with E-state index in [2.05, 4.69) is 35.4 Å². The highest BCUT2D eigenvalue weighted by molar-refractivity contribution is 5.99. The second-order valence-electron chi connectivity index (χ2n) is 8.97. The van der Waals surface area contributed by atoms with E-state index in [1.165, 1.54) is 5.56 Å². The third-order valence-electron chi connectivity index (χ3n) is 6.48. The van der Waals surface area contributed by atoms with E-state index < -0.39 is 0 Å². The first-order valence-corrected chi connectivity index (χ1v) is 11.4. The molecule has 2 aromatic heterocycles. The van der Waals surface area contributed by atoms with E-state index in [1.807, 2.05) is 35.7 Å². The number of benzene rings is 1. The summed E-state index contributed by atoms with van der Waals surface area (Å²) in [5.74, 6) is 1.52. The van der Waals surface area contributed by atoms with Crippen LogP contribution in [-0.2, 0) is 18.4 Å². The minimum Gasteiger partial charge on any atom is -0.373 e. The van der Waals surface area contributed by atoms with Gasteiger partial charge in [-0.1, -0.05) is 11.6 Å². The van der Waals surface area contributed by atoms with Crippen LogP contribution in [0.2, 0.25) is 0 Å². The number of nitrogens with zero attached hydrogens (tertiary/aromatic N) is 5. The molecule has 1 N–H and O–H groups in total. The normalized spacial score (nSPS) is 16.2. The Balaban J connectivity index is 1.58. The molecule has 4 rings (SSSR count). The van der Waals surface area contributed by atoms with Gasteiger partial charge in [-0.25, -0.2) is 9.97 Å². The van der Waals surface area contributed by atoms with Crippen LogP contribution in [0.15, 0.2) is 30.3 Å². The Hall–Kier alpha value is -3.42. The highest BCUT2D eigenvalue weighted by Crippen LogP contribution is 2.28. The molecular formula is C25H32N6O2. The van der Waals surface area contributed by atoms with Crippen LogP contribution in [0.4, 0.5) is 5.82 Å². The van der Waals surface area contributed by atoms with Crippen molar-refractivity contribution in [3.05, 3.63) is 53.1 Å². The molecule has 174 valence electrons. The first-order valence-electron chi connectivity index (χ1n) is 11.4. The standard InChI is InChI=1S/C25H32N6O2/c1-16-8-9-21-19(11-16)12-22(30(21)5)25(33)31-10-6-7-18(14-31)24-27-20(13-23(26-3)28-24)15-29(4)17(2)32/h8-9,11-13,18H,6-7,10,14-15H2,1-5H3,(H,26,27,28)/t18-/m1/s1. The molecule has 0 bridgehead atoms. The number of piperidine rings is 1. The first kappa shape index (κ1) is 22.8. The summed E-state index contributed by atoms with van der Waals surface area (Å²) < 4.78 is 1.98. The second-order valence-corrected chi connectivity index (χ2v) is 8.97. The average Bonchev–Trinajstić information content (AvgIpc) is 3.13. The van der Waals surface area contributed by atoms with Crippen LogP contribution in [0.3, 0.4) is 0 Å². The zero-order valence-corrected chi connectivity index (χ0v) is 20.1. The highest BCUT2D eigenvalue weighted by Gasteiger charge is 2.29. The fourth-order valence-electron chi connectivity index (χ4n) is 4.47. The maximum Gasteiger partial charge on any atom is 0.270 e. The van der Waals surface area contributed by atoms with Crippen molar-refractivity contribution in [3.8, 4) is 0 Å². The lowest BCUT2D eigenvalue weighted by atomic mass is 9.96. The van der Waals surface area contributed by atoms with Crippen LogP contribution in [0, 0.1) is 6.92 Å². The van der Waals surface area contributed by atoms with E-state index >= 15 is 0 Å². The van der Waals surface area contributed by atoms with Gasteiger partial charge in [-0.2, -0.15) is 0 Å². The molecule has 1 saturated heterocycles. The molecule has 1 aromatic carbocycles. The van der Waals surface area contributed by atoms with Gasteiger partial charge in [0.05, 0.1) is 12.2 Å². The number of amides is 2. The van der Waals surface area contributed by atoms with Crippen molar-refractivity contribution < 1.29 is 9.59 Å². The van der Waals surface area contributed by atoms with Crippen LogP contribution < -0.4 is 5.32 Å². The van der Waals surface area contributed by atoms with Gasteiger partial charge < -0.3 is 19.7 Å². The number of rotatable bonds is 5. The molecule has 2 amide bonds. The molecule has 0 unspecified atom stereocenters. The van der Waals surface area contributed by atoms with Crippen molar-refractivity contribution in [2.75, 3.05) is 32.5 Å². The molecule has 3 heterocycles. The maximum absolute atomic E-state index is 13.5. The monoisotopic (exact) mass is 448 g/mol. The first-order chi connectivity index (χ1) is 15.8. The van der Waals surface area contributed by atoms with Gasteiger partial charge in [0.2, 0.25) is 5.91 Å². The Morgan fingerprint density at radius 2 is 2.00 bits per heavy atom. The van der Waals surface area contributed by atoms with E-state index in [9.17, 15) is 9.59 Å². The summed E-state index contributed by atoms with van der Waals surface area (Å²) >= 11 is 0. The second kappa shape index (κ2) is 9.21. The minimum absolute atomic E-state index is 0.0132. The molecule has 0 spiro atoms. The predicted molar refractivity (Wildman–Crippen MR) is 129 cm³/mol.